The summed E-state index contributed by atoms with van der Waals surface area (Å²) in [6.45, 7) is 4.20. The second-order valence-electron chi connectivity index (χ2n) is 4.93. The molecule has 1 N–H and O–H groups in total. The van der Waals surface area contributed by atoms with Gasteiger partial charge in [0.25, 0.3) is 0 Å². The van der Waals surface area contributed by atoms with Gasteiger partial charge in [-0.25, -0.2) is 9.67 Å². The number of halogens is 2. The van der Waals surface area contributed by atoms with Crippen molar-refractivity contribution >= 4 is 27.5 Å². The van der Waals surface area contributed by atoms with Crippen LogP contribution in [0, 0.1) is 0 Å². The lowest BCUT2D eigenvalue weighted by atomic mass is 10.0. The van der Waals surface area contributed by atoms with Crippen LogP contribution >= 0.6 is 27.5 Å². The Bertz CT molecular complexity index is 582. The van der Waals surface area contributed by atoms with E-state index >= 15 is 0 Å². The van der Waals surface area contributed by atoms with Crippen LogP contribution in [0.15, 0.2) is 29.0 Å². The van der Waals surface area contributed by atoms with Gasteiger partial charge < -0.3 is 5.32 Å². The Balaban J connectivity index is 2.27. The van der Waals surface area contributed by atoms with E-state index in [1.807, 2.05) is 29.9 Å². The Hall–Kier alpha value is -0.910. The number of hydrogen-bond donors (Lipinski definition) is 1. The molecule has 0 saturated heterocycles. The molecule has 1 heterocycles. The molecule has 1 aromatic heterocycles. The molecule has 2 rings (SSSR count). The fourth-order valence-corrected chi connectivity index (χ4v) is 3.14. The van der Waals surface area contributed by atoms with Crippen molar-refractivity contribution in [3.63, 3.8) is 0 Å². The molecular formula is C14H18BrClN4. The zero-order valence-corrected chi connectivity index (χ0v) is 14.1. The van der Waals surface area contributed by atoms with Crippen molar-refractivity contribution in [3.05, 3.63) is 45.4 Å². The number of benzene rings is 1. The maximum atomic E-state index is 6.00. The first-order valence-corrected chi connectivity index (χ1v) is 7.70. The van der Waals surface area contributed by atoms with Gasteiger partial charge in [0.1, 0.15) is 12.2 Å². The maximum Gasteiger partial charge on any atom is 0.138 e. The van der Waals surface area contributed by atoms with Gasteiger partial charge in [0, 0.05) is 28.0 Å². The zero-order chi connectivity index (χ0) is 14.7. The van der Waals surface area contributed by atoms with Gasteiger partial charge in [0.05, 0.1) is 0 Å². The third-order valence-corrected chi connectivity index (χ3v) is 4.13. The van der Waals surface area contributed by atoms with Crippen LogP contribution in [0.3, 0.4) is 0 Å². The molecular weight excluding hydrogens is 340 g/mol. The van der Waals surface area contributed by atoms with E-state index in [2.05, 4.69) is 45.2 Å². The van der Waals surface area contributed by atoms with Crippen LogP contribution in [0.5, 0.6) is 0 Å². The van der Waals surface area contributed by atoms with Crippen molar-refractivity contribution in [3.8, 4) is 0 Å². The lowest BCUT2D eigenvalue weighted by Gasteiger charge is -2.19. The van der Waals surface area contributed by atoms with Crippen LogP contribution < -0.4 is 5.32 Å². The Morgan fingerprint density at radius 3 is 2.75 bits per heavy atom. The molecule has 0 aliphatic heterocycles. The van der Waals surface area contributed by atoms with E-state index in [-0.39, 0.29) is 6.04 Å². The molecule has 1 unspecified atom stereocenters. The van der Waals surface area contributed by atoms with Gasteiger partial charge in [0.2, 0.25) is 0 Å². The van der Waals surface area contributed by atoms with Gasteiger partial charge >= 0.3 is 0 Å². The molecule has 4 nitrogen and oxygen atoms in total. The zero-order valence-electron chi connectivity index (χ0n) is 11.8. The summed E-state index contributed by atoms with van der Waals surface area (Å²) in [6.07, 6.45) is 2.38. The van der Waals surface area contributed by atoms with E-state index in [4.69, 9.17) is 11.6 Å². The quantitative estimate of drug-likeness (QED) is 0.885. The fraction of sp³-hybridized carbons (Fsp3) is 0.429. The summed E-state index contributed by atoms with van der Waals surface area (Å²) >= 11 is 9.57. The highest BCUT2D eigenvalue weighted by atomic mass is 79.9. The second kappa shape index (κ2) is 6.70. The summed E-state index contributed by atoms with van der Waals surface area (Å²) in [4.78, 5) is 4.37. The molecule has 0 spiro atoms. The van der Waals surface area contributed by atoms with Gasteiger partial charge in [-0.2, -0.15) is 5.10 Å². The molecule has 20 heavy (non-hydrogen) atoms. The van der Waals surface area contributed by atoms with Crippen LogP contribution in [0.25, 0.3) is 0 Å². The highest BCUT2D eigenvalue weighted by Gasteiger charge is 2.17. The Morgan fingerprint density at radius 2 is 2.15 bits per heavy atom. The van der Waals surface area contributed by atoms with E-state index in [0.717, 1.165) is 27.3 Å². The van der Waals surface area contributed by atoms with E-state index in [1.165, 1.54) is 0 Å². The largest absolute Gasteiger partial charge is 0.313 e. The number of rotatable bonds is 5. The normalized spacial score (nSPS) is 12.9. The Labute approximate surface area is 132 Å². The molecule has 1 atom stereocenters. The summed E-state index contributed by atoms with van der Waals surface area (Å²) < 4.78 is 2.95. The summed E-state index contributed by atoms with van der Waals surface area (Å²) in [5.74, 6) is 0.973. The smallest absolute Gasteiger partial charge is 0.138 e. The highest BCUT2D eigenvalue weighted by Crippen LogP contribution is 2.28. The number of likely N-dealkylation sites (N-methyl/N-ethyl adjacent to an activating group) is 1. The SMILES string of the molecule is CNC(Cc1ncnn1C(C)C)c1ccc(Cl)cc1Br. The molecule has 108 valence electrons. The summed E-state index contributed by atoms with van der Waals surface area (Å²) in [6, 6.07) is 6.30. The number of nitrogens with zero attached hydrogens (tertiary/aromatic N) is 3. The van der Waals surface area contributed by atoms with Gasteiger partial charge in [0.15, 0.2) is 0 Å². The van der Waals surface area contributed by atoms with Crippen molar-refractivity contribution in [2.24, 2.45) is 0 Å². The van der Waals surface area contributed by atoms with Crippen LogP contribution in [-0.2, 0) is 6.42 Å². The lowest BCUT2D eigenvalue weighted by molar-refractivity contribution is 0.477. The average Bonchev–Trinajstić information content (AvgIpc) is 2.85. The van der Waals surface area contributed by atoms with Crippen LogP contribution in [0.1, 0.15) is 37.3 Å². The fourth-order valence-electron chi connectivity index (χ4n) is 2.19. The predicted molar refractivity (Wildman–Crippen MR) is 85.1 cm³/mol. The van der Waals surface area contributed by atoms with E-state index in [1.54, 1.807) is 6.33 Å². The van der Waals surface area contributed by atoms with Crippen LogP contribution in [-0.4, -0.2) is 21.8 Å². The van der Waals surface area contributed by atoms with Crippen molar-refractivity contribution in [1.29, 1.82) is 0 Å². The molecule has 0 fully saturated rings. The molecule has 6 heteroatoms. The van der Waals surface area contributed by atoms with E-state index < -0.39 is 0 Å². The monoisotopic (exact) mass is 356 g/mol. The Morgan fingerprint density at radius 1 is 1.40 bits per heavy atom. The van der Waals surface area contributed by atoms with Crippen molar-refractivity contribution in [1.82, 2.24) is 20.1 Å². The van der Waals surface area contributed by atoms with Gasteiger partial charge in [-0.05, 0) is 38.6 Å². The standard InChI is InChI=1S/C14H18BrClN4/c1-9(2)20-14(18-8-19-20)7-13(17-3)11-5-4-10(16)6-12(11)15/h4-6,8-9,13,17H,7H2,1-3H3. The first kappa shape index (κ1) is 15.5. The minimum atomic E-state index is 0.156. The van der Waals surface area contributed by atoms with Gasteiger partial charge in [-0.15, -0.1) is 0 Å². The number of hydrogen-bond acceptors (Lipinski definition) is 3. The third-order valence-electron chi connectivity index (χ3n) is 3.21. The first-order chi connectivity index (χ1) is 9.52. The molecule has 0 radical (unpaired) electrons. The van der Waals surface area contributed by atoms with E-state index in [0.29, 0.717) is 6.04 Å². The Kier molecular flexibility index (Phi) is 5.18. The van der Waals surface area contributed by atoms with Gasteiger partial charge in [-0.3, -0.25) is 0 Å². The third kappa shape index (κ3) is 3.40. The summed E-state index contributed by atoms with van der Waals surface area (Å²) in [5, 5.41) is 8.33. The summed E-state index contributed by atoms with van der Waals surface area (Å²) in [5.41, 5.74) is 1.16. The average molecular weight is 358 g/mol. The van der Waals surface area contributed by atoms with Crippen LogP contribution in [0.4, 0.5) is 0 Å². The second-order valence-corrected chi connectivity index (χ2v) is 6.22. The van der Waals surface area contributed by atoms with Crippen molar-refractivity contribution in [2.75, 3.05) is 7.05 Å². The maximum absolute atomic E-state index is 6.00. The first-order valence-electron chi connectivity index (χ1n) is 6.53. The topological polar surface area (TPSA) is 42.7 Å². The predicted octanol–water partition coefficient (Wildman–Crippen LogP) is 3.78. The molecule has 0 bridgehead atoms. The molecule has 1 aromatic carbocycles. The molecule has 0 saturated carbocycles. The molecule has 0 aliphatic carbocycles. The van der Waals surface area contributed by atoms with E-state index in [9.17, 15) is 0 Å². The minimum absolute atomic E-state index is 0.156. The van der Waals surface area contributed by atoms with Gasteiger partial charge in [-0.1, -0.05) is 33.6 Å². The molecule has 0 amide bonds. The highest BCUT2D eigenvalue weighted by molar-refractivity contribution is 9.10. The van der Waals surface area contributed by atoms with Crippen molar-refractivity contribution < 1.29 is 0 Å². The van der Waals surface area contributed by atoms with Crippen molar-refractivity contribution in [2.45, 2.75) is 32.4 Å². The summed E-state index contributed by atoms with van der Waals surface area (Å²) in [7, 11) is 1.95. The number of nitrogens with one attached hydrogen (secondary N) is 1. The number of aromatic nitrogens is 3. The molecule has 2 aromatic rings. The molecule has 0 aliphatic rings. The van der Waals surface area contributed by atoms with Crippen LogP contribution in [0.2, 0.25) is 5.02 Å². The minimum Gasteiger partial charge on any atom is -0.313 e. The lowest BCUT2D eigenvalue weighted by Crippen LogP contribution is -2.22.